The van der Waals surface area contributed by atoms with Gasteiger partial charge < -0.3 is 5.11 Å². The first-order valence-corrected chi connectivity index (χ1v) is 5.62. The Balaban J connectivity index is 0.00000112. The number of thiazole rings is 1. The van der Waals surface area contributed by atoms with Crippen LogP contribution in [0.3, 0.4) is 0 Å². The van der Waals surface area contributed by atoms with Gasteiger partial charge in [-0.05, 0) is 25.7 Å². The van der Waals surface area contributed by atoms with Crippen LogP contribution in [0.1, 0.15) is 35.1 Å². The largest absolute Gasteiger partial charge is 0.481 e. The van der Waals surface area contributed by atoms with E-state index in [4.69, 9.17) is 5.11 Å². The fourth-order valence-electron chi connectivity index (χ4n) is 1.74. The summed E-state index contributed by atoms with van der Waals surface area (Å²) in [4.78, 5) is 16.0. The number of aliphatic carboxylic acids is 1. The van der Waals surface area contributed by atoms with Gasteiger partial charge >= 0.3 is 5.97 Å². The van der Waals surface area contributed by atoms with Gasteiger partial charge in [-0.2, -0.15) is 13.5 Å². The van der Waals surface area contributed by atoms with Crippen LogP contribution in [0, 0.1) is 12.8 Å². The van der Waals surface area contributed by atoms with Crippen molar-refractivity contribution >= 4 is 30.8 Å². The first kappa shape index (κ1) is 12.5. The van der Waals surface area contributed by atoms with Gasteiger partial charge in [-0.3, -0.25) is 4.79 Å². The second-order valence-electron chi connectivity index (χ2n) is 3.82. The molecule has 0 spiro atoms. The highest BCUT2D eigenvalue weighted by molar-refractivity contribution is 7.59. The first-order valence-electron chi connectivity index (χ1n) is 4.81. The molecule has 15 heavy (non-hydrogen) atoms. The molecule has 1 aliphatic rings. The maximum Gasteiger partial charge on any atom is 0.304 e. The Kier molecular flexibility index (Phi) is 4.16. The van der Waals surface area contributed by atoms with Crippen molar-refractivity contribution in [3.05, 3.63) is 16.1 Å². The lowest BCUT2D eigenvalue weighted by Crippen LogP contribution is -2.06. The zero-order valence-corrected chi connectivity index (χ0v) is 10.4. The van der Waals surface area contributed by atoms with Crippen LogP contribution in [0.2, 0.25) is 0 Å². The van der Waals surface area contributed by atoms with Gasteiger partial charge in [0.25, 0.3) is 0 Å². The van der Waals surface area contributed by atoms with Gasteiger partial charge in [0.05, 0.1) is 11.4 Å². The number of carboxylic acids is 1. The Bertz CT molecular complexity index is 347. The van der Waals surface area contributed by atoms with E-state index in [1.165, 1.54) is 12.8 Å². The minimum atomic E-state index is -0.701. The quantitative estimate of drug-likeness (QED) is 0.887. The Labute approximate surface area is 100.0 Å². The summed E-state index contributed by atoms with van der Waals surface area (Å²) >= 11 is 1.63. The van der Waals surface area contributed by atoms with Gasteiger partial charge in [0.1, 0.15) is 0 Å². The van der Waals surface area contributed by atoms with Crippen LogP contribution in [0.15, 0.2) is 6.20 Å². The van der Waals surface area contributed by atoms with E-state index in [1.54, 1.807) is 11.3 Å². The van der Waals surface area contributed by atoms with Gasteiger partial charge in [0.15, 0.2) is 0 Å². The second-order valence-corrected chi connectivity index (χ2v) is 5.09. The molecule has 3 nitrogen and oxygen atoms in total. The molecule has 0 aromatic carbocycles. The molecule has 1 saturated carbocycles. The van der Waals surface area contributed by atoms with Crippen molar-refractivity contribution in [1.82, 2.24) is 4.98 Å². The predicted octanol–water partition coefficient (Wildman–Crippen LogP) is 2.53. The van der Waals surface area contributed by atoms with Crippen molar-refractivity contribution in [2.24, 2.45) is 5.92 Å². The topological polar surface area (TPSA) is 50.2 Å². The molecule has 1 aromatic heterocycles. The first-order chi connectivity index (χ1) is 6.66. The van der Waals surface area contributed by atoms with E-state index in [-0.39, 0.29) is 25.8 Å². The van der Waals surface area contributed by atoms with Crippen molar-refractivity contribution < 1.29 is 9.90 Å². The summed E-state index contributed by atoms with van der Waals surface area (Å²) < 4.78 is 0. The van der Waals surface area contributed by atoms with E-state index in [9.17, 15) is 4.79 Å². The van der Waals surface area contributed by atoms with Crippen molar-refractivity contribution in [3.8, 4) is 0 Å². The van der Waals surface area contributed by atoms with E-state index in [1.807, 2.05) is 13.1 Å². The predicted molar refractivity (Wildman–Crippen MR) is 64.9 cm³/mol. The summed E-state index contributed by atoms with van der Waals surface area (Å²) in [5.41, 5.74) is 0. The Morgan fingerprint density at radius 2 is 2.40 bits per heavy atom. The Morgan fingerprint density at radius 1 is 1.73 bits per heavy atom. The van der Waals surface area contributed by atoms with Gasteiger partial charge in [-0.1, -0.05) is 0 Å². The molecule has 1 aliphatic carbocycles. The van der Waals surface area contributed by atoms with Crippen molar-refractivity contribution in [1.29, 1.82) is 0 Å². The van der Waals surface area contributed by atoms with Gasteiger partial charge in [0.2, 0.25) is 0 Å². The average molecular weight is 245 g/mol. The number of hydrogen-bond donors (Lipinski definition) is 1. The highest BCUT2D eigenvalue weighted by atomic mass is 32.1. The van der Waals surface area contributed by atoms with Crippen molar-refractivity contribution in [3.63, 3.8) is 0 Å². The van der Waals surface area contributed by atoms with Crippen LogP contribution in [0.25, 0.3) is 0 Å². The lowest BCUT2D eigenvalue weighted by molar-refractivity contribution is -0.137. The van der Waals surface area contributed by atoms with E-state index in [0.29, 0.717) is 5.92 Å². The lowest BCUT2D eigenvalue weighted by Gasteiger charge is -2.10. The summed E-state index contributed by atoms with van der Waals surface area (Å²) in [6, 6.07) is 0. The SMILES string of the molecule is Cc1ncc([C@H](CC(=O)O)C2CC2)s1.S. The van der Waals surface area contributed by atoms with Crippen molar-refractivity contribution in [2.75, 3.05) is 0 Å². The molecular formula is C10H15NO2S2. The van der Waals surface area contributed by atoms with Gasteiger partial charge in [-0.15, -0.1) is 11.3 Å². The zero-order chi connectivity index (χ0) is 10.1. The fraction of sp³-hybridized carbons (Fsp3) is 0.600. The highest BCUT2D eigenvalue weighted by Gasteiger charge is 2.34. The molecule has 0 saturated heterocycles. The maximum absolute atomic E-state index is 10.7. The third-order valence-electron chi connectivity index (χ3n) is 2.59. The molecule has 1 fully saturated rings. The molecule has 1 atom stereocenters. The molecular weight excluding hydrogens is 230 g/mol. The molecule has 0 bridgehead atoms. The Hall–Kier alpha value is -0.550. The highest BCUT2D eigenvalue weighted by Crippen LogP contribution is 2.45. The monoisotopic (exact) mass is 245 g/mol. The van der Waals surface area contributed by atoms with E-state index >= 15 is 0 Å². The van der Waals surface area contributed by atoms with Crippen molar-refractivity contribution in [2.45, 2.75) is 32.1 Å². The number of nitrogens with zero attached hydrogens (tertiary/aromatic N) is 1. The summed E-state index contributed by atoms with van der Waals surface area (Å²) in [5.74, 6) is 0.0950. The zero-order valence-electron chi connectivity index (χ0n) is 8.56. The molecule has 1 N–H and O–H groups in total. The minimum Gasteiger partial charge on any atom is -0.481 e. The standard InChI is InChI=1S/C10H13NO2S.H2S/c1-6-11-5-9(14-6)8(4-10(12)13)7-2-3-7;/h5,7-8H,2-4H2,1H3,(H,12,13);1H2/t8-;/m1./s1. The fourth-order valence-corrected chi connectivity index (χ4v) is 2.71. The maximum atomic E-state index is 10.7. The van der Waals surface area contributed by atoms with E-state index in [0.717, 1.165) is 9.88 Å². The van der Waals surface area contributed by atoms with Gasteiger partial charge in [-0.25, -0.2) is 4.98 Å². The number of hydrogen-bond acceptors (Lipinski definition) is 3. The third kappa shape index (κ3) is 3.21. The molecule has 1 heterocycles. The van der Waals surface area contributed by atoms with E-state index in [2.05, 4.69) is 4.98 Å². The average Bonchev–Trinajstić information content (AvgIpc) is 2.85. The van der Waals surface area contributed by atoms with Crippen LogP contribution in [0.5, 0.6) is 0 Å². The van der Waals surface area contributed by atoms with Crippen LogP contribution >= 0.6 is 24.8 Å². The smallest absolute Gasteiger partial charge is 0.304 e. The normalized spacial score (nSPS) is 16.9. The number of aromatic nitrogens is 1. The molecule has 1 aromatic rings. The van der Waals surface area contributed by atoms with Gasteiger partial charge in [0, 0.05) is 17.0 Å². The molecule has 2 rings (SSSR count). The molecule has 0 aliphatic heterocycles. The number of aryl methyl sites for hydroxylation is 1. The molecule has 0 amide bonds. The summed E-state index contributed by atoms with van der Waals surface area (Å²) in [6.07, 6.45) is 4.45. The molecule has 5 heteroatoms. The third-order valence-corrected chi connectivity index (χ3v) is 3.63. The number of rotatable bonds is 4. The summed E-state index contributed by atoms with van der Waals surface area (Å²) in [5, 5.41) is 9.84. The van der Waals surface area contributed by atoms with Crippen LogP contribution in [-0.4, -0.2) is 16.1 Å². The summed E-state index contributed by atoms with van der Waals surface area (Å²) in [6.45, 7) is 1.96. The van der Waals surface area contributed by atoms with Crippen LogP contribution in [0.4, 0.5) is 0 Å². The molecule has 0 radical (unpaired) electrons. The van der Waals surface area contributed by atoms with Crippen LogP contribution < -0.4 is 0 Å². The summed E-state index contributed by atoms with van der Waals surface area (Å²) in [7, 11) is 0. The van der Waals surface area contributed by atoms with E-state index < -0.39 is 5.97 Å². The minimum absolute atomic E-state index is 0. The molecule has 0 unspecified atom stereocenters. The molecule has 84 valence electrons. The number of carbonyl (C=O) groups is 1. The Morgan fingerprint density at radius 3 is 2.80 bits per heavy atom. The second kappa shape index (κ2) is 4.99. The van der Waals surface area contributed by atoms with Crippen LogP contribution in [-0.2, 0) is 4.79 Å². The number of carboxylic acid groups (broad SMARTS) is 1. The lowest BCUT2D eigenvalue weighted by atomic mass is 9.99.